The largest absolute Gasteiger partial charge is 0.475 e. The molecule has 0 aliphatic carbocycles. The van der Waals surface area contributed by atoms with Gasteiger partial charge in [-0.1, -0.05) is 54.9 Å². The van der Waals surface area contributed by atoms with E-state index < -0.39 is 0 Å². The minimum absolute atomic E-state index is 0.143. The van der Waals surface area contributed by atoms with Crippen LogP contribution in [0.5, 0.6) is 0 Å². The molecule has 1 aliphatic heterocycles. The first-order chi connectivity index (χ1) is 9.07. The number of rotatable bonds is 3. The first-order valence-corrected chi connectivity index (χ1v) is 7.87. The predicted octanol–water partition coefficient (Wildman–Crippen LogP) is 4.98. The van der Waals surface area contributed by atoms with Crippen molar-refractivity contribution < 1.29 is 4.74 Å². The number of nitrogens with zero attached hydrogens (tertiary/aromatic N) is 1. The van der Waals surface area contributed by atoms with Gasteiger partial charge in [0.2, 0.25) is 0 Å². The van der Waals surface area contributed by atoms with Crippen LogP contribution < -0.4 is 0 Å². The first kappa shape index (κ1) is 17.1. The molecule has 0 fully saturated rings. The van der Waals surface area contributed by atoms with Crippen LogP contribution in [0.25, 0.3) is 0 Å². The van der Waals surface area contributed by atoms with E-state index in [9.17, 15) is 0 Å². The molecule has 0 bridgehead atoms. The maximum absolute atomic E-state index is 5.95. The van der Waals surface area contributed by atoms with Crippen molar-refractivity contribution in [3.63, 3.8) is 0 Å². The van der Waals surface area contributed by atoms with E-state index in [4.69, 9.17) is 4.74 Å². The van der Waals surface area contributed by atoms with Crippen LogP contribution in [0, 0.1) is 10.8 Å². The fourth-order valence-corrected chi connectivity index (χ4v) is 2.62. The van der Waals surface area contributed by atoms with Crippen LogP contribution in [0.15, 0.2) is 23.6 Å². The van der Waals surface area contributed by atoms with Gasteiger partial charge in [0.1, 0.15) is 6.61 Å². The van der Waals surface area contributed by atoms with Gasteiger partial charge in [0.05, 0.1) is 0 Å². The first-order valence-electron chi connectivity index (χ1n) is 7.87. The summed E-state index contributed by atoms with van der Waals surface area (Å²) in [5, 5.41) is 0. The Morgan fingerprint density at radius 1 is 1.05 bits per heavy atom. The molecule has 20 heavy (non-hydrogen) atoms. The zero-order valence-electron chi connectivity index (χ0n) is 14.6. The van der Waals surface area contributed by atoms with E-state index in [0.717, 1.165) is 19.0 Å². The average molecular weight is 279 g/mol. The zero-order chi connectivity index (χ0) is 15.6. The molecule has 116 valence electrons. The highest BCUT2D eigenvalue weighted by Crippen LogP contribution is 2.39. The summed E-state index contributed by atoms with van der Waals surface area (Å²) in [7, 11) is 0. The molecule has 2 heteroatoms. The second kappa shape index (κ2) is 6.24. The van der Waals surface area contributed by atoms with Gasteiger partial charge in [-0.15, -0.1) is 0 Å². The lowest BCUT2D eigenvalue weighted by molar-refractivity contribution is 0.136. The van der Waals surface area contributed by atoms with Crippen molar-refractivity contribution in [3.05, 3.63) is 23.6 Å². The molecule has 1 rings (SSSR count). The SMILES string of the molecule is C=C1OCC(C(C)(C)C)=C(C(C)(C)C)CN1CCCC. The molecule has 0 saturated carbocycles. The van der Waals surface area contributed by atoms with Gasteiger partial charge in [0, 0.05) is 13.1 Å². The number of ether oxygens (including phenoxy) is 1. The summed E-state index contributed by atoms with van der Waals surface area (Å²) in [5.74, 6) is 0.833. The van der Waals surface area contributed by atoms with Crippen molar-refractivity contribution in [3.8, 4) is 0 Å². The number of hydrogen-bond donors (Lipinski definition) is 0. The molecule has 0 aromatic rings. The minimum atomic E-state index is 0.143. The second-order valence-corrected chi connectivity index (χ2v) is 7.91. The van der Waals surface area contributed by atoms with Crippen LogP contribution in [-0.2, 0) is 4.74 Å². The third-order valence-corrected chi connectivity index (χ3v) is 4.04. The molecule has 0 amide bonds. The summed E-state index contributed by atoms with van der Waals surface area (Å²) in [4.78, 5) is 2.31. The topological polar surface area (TPSA) is 12.5 Å². The molecule has 0 N–H and O–H groups in total. The fourth-order valence-electron chi connectivity index (χ4n) is 2.62. The summed E-state index contributed by atoms with van der Waals surface area (Å²) >= 11 is 0. The van der Waals surface area contributed by atoms with Crippen LogP contribution >= 0.6 is 0 Å². The smallest absolute Gasteiger partial charge is 0.182 e. The number of unbranched alkanes of at least 4 members (excludes halogenated alkanes) is 1. The van der Waals surface area contributed by atoms with E-state index in [0.29, 0.717) is 6.61 Å². The molecule has 1 heterocycles. The van der Waals surface area contributed by atoms with E-state index >= 15 is 0 Å². The maximum atomic E-state index is 5.95. The summed E-state index contributed by atoms with van der Waals surface area (Å²) in [6.07, 6.45) is 2.38. The maximum Gasteiger partial charge on any atom is 0.182 e. The standard InChI is InChI=1S/C18H33NO/c1-9-10-11-19-12-15(17(3,4)5)16(18(6,7)8)13-20-14(19)2/h2,9-13H2,1,3-8H3. The van der Waals surface area contributed by atoms with E-state index in [1.807, 2.05) is 0 Å². The summed E-state index contributed by atoms with van der Waals surface area (Å²) < 4.78 is 5.95. The Labute approximate surface area is 125 Å². The molecular weight excluding hydrogens is 246 g/mol. The molecule has 0 saturated heterocycles. The Morgan fingerprint density at radius 3 is 2.05 bits per heavy atom. The zero-order valence-corrected chi connectivity index (χ0v) is 14.6. The molecule has 1 aliphatic rings. The van der Waals surface area contributed by atoms with Gasteiger partial charge in [-0.05, 0) is 35.0 Å². The Hall–Kier alpha value is -0.920. The van der Waals surface area contributed by atoms with E-state index in [2.05, 4.69) is 59.9 Å². The van der Waals surface area contributed by atoms with Crippen molar-refractivity contribution in [2.75, 3.05) is 19.7 Å². The predicted molar refractivity (Wildman–Crippen MR) is 87.5 cm³/mol. The van der Waals surface area contributed by atoms with Crippen LogP contribution in [0.3, 0.4) is 0 Å². The van der Waals surface area contributed by atoms with Crippen molar-refractivity contribution in [1.82, 2.24) is 4.90 Å². The van der Waals surface area contributed by atoms with Gasteiger partial charge < -0.3 is 9.64 Å². The van der Waals surface area contributed by atoms with Gasteiger partial charge in [-0.3, -0.25) is 0 Å². The monoisotopic (exact) mass is 279 g/mol. The number of hydrogen-bond acceptors (Lipinski definition) is 2. The molecule has 0 unspecified atom stereocenters. The molecule has 0 spiro atoms. The van der Waals surface area contributed by atoms with Crippen molar-refractivity contribution in [1.29, 1.82) is 0 Å². The molecular formula is C18H33NO. The second-order valence-electron chi connectivity index (χ2n) is 7.91. The summed E-state index contributed by atoms with van der Waals surface area (Å²) in [6, 6.07) is 0. The van der Waals surface area contributed by atoms with Crippen molar-refractivity contribution in [2.45, 2.75) is 61.3 Å². The summed E-state index contributed by atoms with van der Waals surface area (Å²) in [6.45, 7) is 22.8. The average Bonchev–Trinajstić information content (AvgIpc) is 2.44. The van der Waals surface area contributed by atoms with E-state index in [1.54, 1.807) is 0 Å². The lowest BCUT2D eigenvalue weighted by Gasteiger charge is -2.33. The van der Waals surface area contributed by atoms with E-state index in [1.165, 1.54) is 24.0 Å². The lowest BCUT2D eigenvalue weighted by Crippen LogP contribution is -2.30. The normalized spacial score (nSPS) is 18.1. The molecule has 0 aromatic carbocycles. The quantitative estimate of drug-likeness (QED) is 0.676. The van der Waals surface area contributed by atoms with Gasteiger partial charge in [-0.25, -0.2) is 0 Å². The lowest BCUT2D eigenvalue weighted by atomic mass is 9.75. The third-order valence-electron chi connectivity index (χ3n) is 4.04. The van der Waals surface area contributed by atoms with E-state index in [-0.39, 0.29) is 10.8 Å². The van der Waals surface area contributed by atoms with Crippen molar-refractivity contribution in [2.24, 2.45) is 10.8 Å². The van der Waals surface area contributed by atoms with Gasteiger partial charge in [-0.2, -0.15) is 0 Å². The van der Waals surface area contributed by atoms with Gasteiger partial charge in [0.25, 0.3) is 0 Å². The minimum Gasteiger partial charge on any atom is -0.475 e. The molecule has 2 nitrogen and oxygen atoms in total. The van der Waals surface area contributed by atoms with Crippen LogP contribution in [-0.4, -0.2) is 24.6 Å². The van der Waals surface area contributed by atoms with Gasteiger partial charge in [0.15, 0.2) is 5.88 Å². The molecule has 0 aromatic heterocycles. The molecule has 0 atom stereocenters. The Kier molecular flexibility index (Phi) is 5.34. The Balaban J connectivity index is 3.15. The highest BCUT2D eigenvalue weighted by Gasteiger charge is 2.32. The Bertz CT molecular complexity index is 379. The van der Waals surface area contributed by atoms with Crippen LogP contribution in [0.4, 0.5) is 0 Å². The van der Waals surface area contributed by atoms with Crippen LogP contribution in [0.1, 0.15) is 61.3 Å². The highest BCUT2D eigenvalue weighted by atomic mass is 16.5. The summed E-state index contributed by atoms with van der Waals surface area (Å²) in [5.41, 5.74) is 3.26. The highest BCUT2D eigenvalue weighted by molar-refractivity contribution is 5.28. The molecule has 0 radical (unpaired) electrons. The van der Waals surface area contributed by atoms with Crippen molar-refractivity contribution >= 4 is 0 Å². The third kappa shape index (κ3) is 4.29. The Morgan fingerprint density at radius 2 is 1.60 bits per heavy atom. The fraction of sp³-hybridized carbons (Fsp3) is 0.778. The van der Waals surface area contributed by atoms with Crippen LogP contribution in [0.2, 0.25) is 0 Å². The van der Waals surface area contributed by atoms with Gasteiger partial charge >= 0.3 is 0 Å².